The molecule has 0 amide bonds. The summed E-state index contributed by atoms with van der Waals surface area (Å²) < 4.78 is 24.7. The maximum absolute atomic E-state index is 12.3. The van der Waals surface area contributed by atoms with Gasteiger partial charge >= 0.3 is 0 Å². The summed E-state index contributed by atoms with van der Waals surface area (Å²) in [6.07, 6.45) is -0.811. The van der Waals surface area contributed by atoms with Crippen LogP contribution in [0.4, 0.5) is 14.5 Å². The van der Waals surface area contributed by atoms with Crippen molar-refractivity contribution in [2.75, 3.05) is 13.6 Å². The second-order valence-electron chi connectivity index (χ2n) is 3.21. The minimum absolute atomic E-state index is 0.00352. The molecule has 82 valence electrons. The van der Waals surface area contributed by atoms with Crippen molar-refractivity contribution >= 4 is 12.0 Å². The van der Waals surface area contributed by atoms with Crippen LogP contribution >= 0.6 is 0 Å². The Bertz CT molecular complexity index is 337. The van der Waals surface area contributed by atoms with Crippen molar-refractivity contribution in [2.24, 2.45) is 4.99 Å². The van der Waals surface area contributed by atoms with Crippen molar-refractivity contribution in [1.29, 1.82) is 0 Å². The first-order chi connectivity index (χ1) is 7.13. The van der Waals surface area contributed by atoms with Crippen LogP contribution in [0, 0.1) is 0 Å². The van der Waals surface area contributed by atoms with Crippen LogP contribution in [0.15, 0.2) is 29.3 Å². The predicted molar refractivity (Wildman–Crippen MR) is 57.9 cm³/mol. The summed E-state index contributed by atoms with van der Waals surface area (Å²) in [7, 11) is 1.88. The zero-order chi connectivity index (χ0) is 11.3. The SMILES string of the molecule is CCN(C)C=Nc1cccc(C(F)F)c1. The smallest absolute Gasteiger partial charge is 0.263 e. The van der Waals surface area contributed by atoms with Crippen molar-refractivity contribution in [1.82, 2.24) is 4.90 Å². The Balaban J connectivity index is 2.78. The highest BCUT2D eigenvalue weighted by Crippen LogP contribution is 2.22. The first-order valence-electron chi connectivity index (χ1n) is 4.76. The van der Waals surface area contributed by atoms with E-state index < -0.39 is 6.43 Å². The van der Waals surface area contributed by atoms with Gasteiger partial charge in [0.25, 0.3) is 6.43 Å². The highest BCUT2D eigenvalue weighted by molar-refractivity contribution is 5.61. The number of benzene rings is 1. The van der Waals surface area contributed by atoms with Crippen LogP contribution in [0.5, 0.6) is 0 Å². The fraction of sp³-hybridized carbons (Fsp3) is 0.364. The van der Waals surface area contributed by atoms with Gasteiger partial charge in [-0.1, -0.05) is 12.1 Å². The molecule has 1 aromatic carbocycles. The van der Waals surface area contributed by atoms with Gasteiger partial charge in [0.05, 0.1) is 12.0 Å². The molecule has 0 aliphatic rings. The molecule has 0 fully saturated rings. The minimum atomic E-state index is -2.44. The van der Waals surface area contributed by atoms with Crippen LogP contribution in [-0.4, -0.2) is 24.8 Å². The van der Waals surface area contributed by atoms with Crippen LogP contribution in [0.3, 0.4) is 0 Å². The van der Waals surface area contributed by atoms with Gasteiger partial charge in [0.2, 0.25) is 0 Å². The maximum atomic E-state index is 12.3. The minimum Gasteiger partial charge on any atom is -0.366 e. The Hall–Kier alpha value is -1.45. The average molecular weight is 212 g/mol. The van der Waals surface area contributed by atoms with E-state index in [1.165, 1.54) is 12.1 Å². The van der Waals surface area contributed by atoms with E-state index in [4.69, 9.17) is 0 Å². The molecule has 0 atom stereocenters. The number of nitrogens with zero attached hydrogens (tertiary/aromatic N) is 2. The fourth-order valence-corrected chi connectivity index (χ4v) is 0.988. The summed E-state index contributed by atoms with van der Waals surface area (Å²) in [5, 5.41) is 0. The van der Waals surface area contributed by atoms with Gasteiger partial charge in [0.15, 0.2) is 0 Å². The zero-order valence-corrected chi connectivity index (χ0v) is 8.82. The van der Waals surface area contributed by atoms with Crippen molar-refractivity contribution in [3.63, 3.8) is 0 Å². The average Bonchev–Trinajstić information content (AvgIpc) is 2.26. The van der Waals surface area contributed by atoms with Crippen molar-refractivity contribution in [3.05, 3.63) is 29.8 Å². The summed E-state index contributed by atoms with van der Waals surface area (Å²) >= 11 is 0. The first kappa shape index (κ1) is 11.6. The van der Waals surface area contributed by atoms with Gasteiger partial charge in [-0.3, -0.25) is 0 Å². The van der Waals surface area contributed by atoms with E-state index >= 15 is 0 Å². The Morgan fingerprint density at radius 3 is 2.80 bits per heavy atom. The molecule has 0 unspecified atom stereocenters. The largest absolute Gasteiger partial charge is 0.366 e. The van der Waals surface area contributed by atoms with Gasteiger partial charge in [-0.2, -0.15) is 0 Å². The van der Waals surface area contributed by atoms with Crippen LogP contribution in [0.25, 0.3) is 0 Å². The van der Waals surface area contributed by atoms with Crippen LogP contribution in [-0.2, 0) is 0 Å². The monoisotopic (exact) mass is 212 g/mol. The van der Waals surface area contributed by atoms with E-state index in [0.29, 0.717) is 5.69 Å². The highest BCUT2D eigenvalue weighted by atomic mass is 19.3. The van der Waals surface area contributed by atoms with Gasteiger partial charge in [0, 0.05) is 19.2 Å². The molecule has 0 N–H and O–H groups in total. The molecule has 0 saturated carbocycles. The lowest BCUT2D eigenvalue weighted by molar-refractivity contribution is 0.151. The second-order valence-corrected chi connectivity index (χ2v) is 3.21. The van der Waals surface area contributed by atoms with Gasteiger partial charge < -0.3 is 4.90 Å². The Kier molecular flexibility index (Phi) is 4.21. The third-order valence-electron chi connectivity index (χ3n) is 2.02. The molecule has 0 aliphatic carbocycles. The van der Waals surface area contributed by atoms with Gasteiger partial charge in [-0.15, -0.1) is 0 Å². The number of hydrogen-bond donors (Lipinski definition) is 0. The molecule has 0 saturated heterocycles. The van der Waals surface area contributed by atoms with Crippen molar-refractivity contribution in [2.45, 2.75) is 13.3 Å². The van der Waals surface area contributed by atoms with Gasteiger partial charge in [-0.05, 0) is 19.1 Å². The molecular formula is C11H14F2N2. The molecule has 0 aromatic heterocycles. The molecule has 0 aliphatic heterocycles. The first-order valence-corrected chi connectivity index (χ1v) is 4.76. The van der Waals surface area contributed by atoms with E-state index in [2.05, 4.69) is 4.99 Å². The van der Waals surface area contributed by atoms with Gasteiger partial charge in [0.1, 0.15) is 0 Å². The second kappa shape index (κ2) is 5.44. The number of rotatable bonds is 4. The molecule has 15 heavy (non-hydrogen) atoms. The Morgan fingerprint density at radius 2 is 2.20 bits per heavy atom. The third-order valence-corrected chi connectivity index (χ3v) is 2.02. The van der Waals surface area contributed by atoms with Crippen molar-refractivity contribution in [3.8, 4) is 0 Å². The molecule has 0 bridgehead atoms. The number of halogens is 2. The lowest BCUT2D eigenvalue weighted by Crippen LogP contribution is -2.14. The zero-order valence-electron chi connectivity index (χ0n) is 8.82. The predicted octanol–water partition coefficient (Wildman–Crippen LogP) is 3.24. The molecule has 0 spiro atoms. The van der Waals surface area contributed by atoms with E-state index in [1.807, 2.05) is 18.9 Å². The van der Waals surface area contributed by atoms with Crippen LogP contribution in [0.2, 0.25) is 0 Å². The summed E-state index contributed by atoms with van der Waals surface area (Å²) in [6.45, 7) is 2.82. The quantitative estimate of drug-likeness (QED) is 0.552. The molecular weight excluding hydrogens is 198 g/mol. The lowest BCUT2D eigenvalue weighted by atomic mass is 10.2. The maximum Gasteiger partial charge on any atom is 0.263 e. The Morgan fingerprint density at radius 1 is 1.47 bits per heavy atom. The fourth-order valence-electron chi connectivity index (χ4n) is 0.988. The van der Waals surface area contributed by atoms with E-state index in [1.54, 1.807) is 18.5 Å². The molecule has 0 heterocycles. The normalized spacial score (nSPS) is 11.3. The lowest BCUT2D eigenvalue weighted by Gasteiger charge is -2.08. The molecule has 1 aromatic rings. The standard InChI is InChI=1S/C11H14F2N2/c1-3-15(2)8-14-10-6-4-5-9(7-10)11(12)13/h4-8,11H,3H2,1-2H3. The molecule has 1 rings (SSSR count). The summed E-state index contributed by atoms with van der Waals surface area (Å²) in [6, 6.07) is 6.07. The topological polar surface area (TPSA) is 15.6 Å². The third kappa shape index (κ3) is 3.65. The van der Waals surface area contributed by atoms with Gasteiger partial charge in [-0.25, -0.2) is 13.8 Å². The number of hydrogen-bond acceptors (Lipinski definition) is 1. The van der Waals surface area contributed by atoms with Crippen LogP contribution in [0.1, 0.15) is 18.9 Å². The van der Waals surface area contributed by atoms with E-state index in [9.17, 15) is 8.78 Å². The van der Waals surface area contributed by atoms with Crippen molar-refractivity contribution < 1.29 is 8.78 Å². The number of alkyl halides is 2. The van der Waals surface area contributed by atoms with Crippen LogP contribution < -0.4 is 0 Å². The Labute approximate surface area is 88.2 Å². The molecule has 2 nitrogen and oxygen atoms in total. The molecule has 4 heteroatoms. The number of aliphatic imine (C=N–C) groups is 1. The molecule has 0 radical (unpaired) electrons. The van der Waals surface area contributed by atoms with E-state index in [-0.39, 0.29) is 5.56 Å². The summed E-state index contributed by atoms with van der Waals surface area (Å²) in [4.78, 5) is 5.96. The summed E-state index contributed by atoms with van der Waals surface area (Å²) in [5.74, 6) is 0. The summed E-state index contributed by atoms with van der Waals surface area (Å²) in [5.41, 5.74) is 0.553. The van der Waals surface area contributed by atoms with E-state index in [0.717, 1.165) is 6.54 Å². The highest BCUT2D eigenvalue weighted by Gasteiger charge is 2.05.